The van der Waals surface area contributed by atoms with E-state index < -0.39 is 23.5 Å². The molecule has 71 heavy (non-hydrogen) atoms. The van der Waals surface area contributed by atoms with Crippen molar-refractivity contribution in [3.8, 4) is 22.3 Å². The second-order valence-corrected chi connectivity index (χ2v) is 19.1. The molecule has 6 nitrogen and oxygen atoms in total. The summed E-state index contributed by atoms with van der Waals surface area (Å²) in [6.07, 6.45) is 13.9. The van der Waals surface area contributed by atoms with E-state index in [0.29, 0.717) is 45.9 Å². The van der Waals surface area contributed by atoms with Gasteiger partial charge in [-0.2, -0.15) is 26.3 Å². The van der Waals surface area contributed by atoms with Crippen LogP contribution < -0.4 is 0 Å². The van der Waals surface area contributed by atoms with Crippen LogP contribution in [0, 0.1) is 47.3 Å². The Balaban J connectivity index is 0.000000245. The van der Waals surface area contributed by atoms with E-state index in [1.807, 2.05) is 38.1 Å². The first-order valence-corrected chi connectivity index (χ1v) is 29.8. The highest BCUT2D eigenvalue weighted by Gasteiger charge is 2.54. The first-order chi connectivity index (χ1) is 32.6. The van der Waals surface area contributed by atoms with Crippen molar-refractivity contribution in [2.45, 2.75) is 117 Å². The molecule has 0 amide bonds. The number of carbonyl (C=O) groups is 2. The van der Waals surface area contributed by atoms with E-state index >= 15 is 0 Å². The van der Waals surface area contributed by atoms with Gasteiger partial charge in [-0.3, -0.25) is 14.8 Å². The van der Waals surface area contributed by atoms with Crippen LogP contribution in [0.3, 0.4) is 0 Å². The number of halogens is 9. The number of fused-ring (bicyclic) bond motifs is 3. The van der Waals surface area contributed by atoms with Gasteiger partial charge in [0.1, 0.15) is 12.2 Å². The second-order valence-electron chi connectivity index (χ2n) is 19.1. The Bertz CT molecular complexity index is 2530. The summed E-state index contributed by atoms with van der Waals surface area (Å²) in [5.41, 5.74) is 4.41. The number of hydrogen-bond donors (Lipinski definition) is 0. The predicted molar refractivity (Wildman–Crippen MR) is 297 cm³/mol. The maximum atomic E-state index is 13.0. The van der Waals surface area contributed by atoms with Crippen molar-refractivity contribution in [1.82, 2.24) is 9.97 Å². The smallest absolute Gasteiger partial charge is 0.416 e. The third kappa shape index (κ3) is 13.3. The quantitative estimate of drug-likeness (QED) is 0.109. The number of pyridine rings is 2. The summed E-state index contributed by atoms with van der Waals surface area (Å²) in [4.78, 5) is 33.8. The zero-order chi connectivity index (χ0) is 48.3. The van der Waals surface area contributed by atoms with Crippen molar-refractivity contribution in [1.29, 1.82) is 0 Å². The van der Waals surface area contributed by atoms with Gasteiger partial charge in [-0.1, -0.05) is 95.5 Å². The third-order valence-electron chi connectivity index (χ3n) is 15.2. The van der Waals surface area contributed by atoms with Crippen molar-refractivity contribution in [3.05, 3.63) is 131 Å². The number of esters is 2. The number of hydrogen-bond acceptors (Lipinski definition) is 6. The molecule has 0 bridgehead atoms. The van der Waals surface area contributed by atoms with Gasteiger partial charge < -0.3 is 9.47 Å². The minimum absolute atomic E-state index is 0. The Morgan fingerprint density at radius 3 is 1.70 bits per heavy atom. The molecule has 0 unspecified atom stereocenters. The number of ether oxygens (including phenoxy) is 2. The number of alkyl halides is 6. The zero-order valence-electron chi connectivity index (χ0n) is 38.2. The van der Waals surface area contributed by atoms with E-state index in [-0.39, 0.29) is 86.6 Å². The van der Waals surface area contributed by atoms with Crippen molar-refractivity contribution in [3.63, 3.8) is 0 Å². The number of allylic oxidation sites excluding steroid dienone is 2. The molecule has 4 heterocycles. The van der Waals surface area contributed by atoms with Gasteiger partial charge in [0.25, 0.3) is 0 Å². The van der Waals surface area contributed by atoms with Gasteiger partial charge in [0.15, 0.2) is 0 Å². The Kier molecular flexibility index (Phi) is 20.8. The number of nitrogens with zero attached hydrogens (tertiary/aromatic N) is 2. The van der Waals surface area contributed by atoms with Gasteiger partial charge >= 0.3 is 24.3 Å². The largest absolute Gasteiger partial charge is 0.462 e. The molecular formula is C56H63F6I3N2O4. The fourth-order valence-electron chi connectivity index (χ4n) is 12.1. The Morgan fingerprint density at radius 2 is 1.17 bits per heavy atom. The van der Waals surface area contributed by atoms with Crippen LogP contribution in [0.4, 0.5) is 26.3 Å². The highest BCUT2D eigenvalue weighted by atomic mass is 128. The SMILES string of the molecule is C.C.C[C@H]1OC(=O)C2=C1[C@@H](/C=C/c1ccc(-c3cccc(C(F)(F)F)c3)cn1)[C@@H]1CCCC[C@H]1C2.C[C@H]1OC(=O)[C@@H]2C[C@@H]3CCCC[C@H]3[C@H](/C=C/c3ccc(-c4cccc(C(F)(F)F)c4)cn3)[C@H]12.I.II. The number of carbonyl (C=O) groups excluding carboxylic acids is 2. The molecule has 2 aromatic heterocycles. The summed E-state index contributed by atoms with van der Waals surface area (Å²) in [5, 5.41) is 0. The number of benzene rings is 2. The second kappa shape index (κ2) is 25.3. The van der Waals surface area contributed by atoms with E-state index in [2.05, 4.69) is 59.4 Å². The molecule has 0 radical (unpaired) electrons. The highest BCUT2D eigenvalue weighted by molar-refractivity contribution is 15.0. The van der Waals surface area contributed by atoms with Crippen LogP contribution in [0.5, 0.6) is 0 Å². The summed E-state index contributed by atoms with van der Waals surface area (Å²) in [5.74, 6) is 2.59. The normalized spacial score (nSPS) is 27.6. The van der Waals surface area contributed by atoms with E-state index in [9.17, 15) is 35.9 Å². The molecule has 2 aliphatic heterocycles. The molecule has 0 N–H and O–H groups in total. The van der Waals surface area contributed by atoms with E-state index in [4.69, 9.17) is 9.47 Å². The number of rotatable bonds is 6. The summed E-state index contributed by atoms with van der Waals surface area (Å²) in [7, 11) is 0. The molecule has 1 saturated heterocycles. The molecule has 4 aliphatic carbocycles. The maximum absolute atomic E-state index is 13.0. The Hall–Kier alpha value is -3.33. The summed E-state index contributed by atoms with van der Waals surface area (Å²) in [6.45, 7) is 3.96. The van der Waals surface area contributed by atoms with Crippen LogP contribution in [-0.4, -0.2) is 34.1 Å². The minimum atomic E-state index is -4.38. The lowest BCUT2D eigenvalue weighted by molar-refractivity contribution is -0.144. The van der Waals surface area contributed by atoms with Crippen LogP contribution in [-0.2, 0) is 31.4 Å². The van der Waals surface area contributed by atoms with E-state index in [1.165, 1.54) is 50.7 Å². The molecule has 4 fully saturated rings. The fraction of sp³-hybridized carbons (Fsp3) is 0.464. The third-order valence-corrected chi connectivity index (χ3v) is 15.2. The maximum Gasteiger partial charge on any atom is 0.416 e. The van der Waals surface area contributed by atoms with Gasteiger partial charge in [0.05, 0.1) is 28.4 Å². The Labute approximate surface area is 455 Å². The molecule has 6 aliphatic rings. The lowest BCUT2D eigenvalue weighted by Crippen LogP contribution is -2.42. The molecule has 384 valence electrons. The molecule has 3 saturated carbocycles. The van der Waals surface area contributed by atoms with Crippen molar-refractivity contribution in [2.75, 3.05) is 0 Å². The first kappa shape index (κ1) is 58.6. The van der Waals surface area contributed by atoms with Gasteiger partial charge in [-0.15, -0.1) is 24.0 Å². The zero-order valence-corrected chi connectivity index (χ0v) is 44.8. The average Bonchev–Trinajstić information content (AvgIpc) is 3.80. The molecule has 10 rings (SSSR count). The number of cyclic esters (lactones) is 2. The fourth-order valence-corrected chi connectivity index (χ4v) is 12.1. The topological polar surface area (TPSA) is 78.4 Å². The van der Waals surface area contributed by atoms with Gasteiger partial charge in [-0.05, 0) is 141 Å². The molecular weight excluding hydrogens is 1260 g/mol. The molecule has 10 atom stereocenters. The van der Waals surface area contributed by atoms with Crippen molar-refractivity contribution < 1.29 is 45.4 Å². The standard InChI is InChI=1S/C27H28F3NO2.C27H26F3NO2.2CH4.I2.HI/c2*1-16-25-23(22-8-3-2-5-18(22)14-24(25)26(32)33-16)12-11-21-10-9-19(15-31-21)17-6-4-7-20(13-17)27(28,29)30;;;1-2;/h4,6-7,9-13,15-16,18,22-25H,2-3,5,8,14H2,1H3;4,6-7,9-13,15-16,18,22-23H,2-3,5,8,14H2,1H3;2*1H4;;1H/b2*12-11+;;;;/t16-,18+,22-,23+,24-,25+;16-,18+,22-,23+;;;;/m11..../s1. The van der Waals surface area contributed by atoms with Crippen molar-refractivity contribution in [2.24, 2.45) is 47.3 Å². The summed E-state index contributed by atoms with van der Waals surface area (Å²) < 4.78 is 89.4. The molecule has 0 spiro atoms. The lowest BCUT2D eigenvalue weighted by Gasteiger charge is -2.45. The van der Waals surface area contributed by atoms with E-state index in [1.54, 1.807) is 36.7 Å². The van der Waals surface area contributed by atoms with Gasteiger partial charge in [-0.25, -0.2) is 4.79 Å². The molecule has 4 aromatic rings. The average molecular weight is 1320 g/mol. The van der Waals surface area contributed by atoms with Gasteiger partial charge in [0.2, 0.25) is 0 Å². The van der Waals surface area contributed by atoms with Crippen LogP contribution >= 0.6 is 61.2 Å². The monoisotopic (exact) mass is 1320 g/mol. The number of aromatic nitrogens is 2. The van der Waals surface area contributed by atoms with E-state index in [0.717, 1.165) is 72.5 Å². The minimum Gasteiger partial charge on any atom is -0.462 e. The van der Waals surface area contributed by atoms with Crippen LogP contribution in [0.1, 0.15) is 115 Å². The first-order valence-electron chi connectivity index (χ1n) is 23.5. The summed E-state index contributed by atoms with van der Waals surface area (Å²) >= 11 is 4.24. The van der Waals surface area contributed by atoms with Crippen LogP contribution in [0.2, 0.25) is 0 Å². The predicted octanol–water partition coefficient (Wildman–Crippen LogP) is 17.3. The van der Waals surface area contributed by atoms with Crippen molar-refractivity contribution >= 4 is 85.3 Å². The van der Waals surface area contributed by atoms with Gasteiger partial charge in [0, 0.05) is 78.2 Å². The highest BCUT2D eigenvalue weighted by Crippen LogP contribution is 2.54. The summed E-state index contributed by atoms with van der Waals surface area (Å²) in [6, 6.07) is 17.8. The van der Waals surface area contributed by atoms with Crippen LogP contribution in [0.25, 0.3) is 34.4 Å². The molecule has 15 heteroatoms. The Morgan fingerprint density at radius 1 is 0.648 bits per heavy atom. The molecule has 2 aromatic carbocycles. The van der Waals surface area contributed by atoms with Crippen LogP contribution in [0.15, 0.2) is 108 Å². The lowest BCUT2D eigenvalue weighted by atomic mass is 9.57.